The zero-order valence-electron chi connectivity index (χ0n) is 15.4. The van der Waals surface area contributed by atoms with Crippen LogP contribution >= 0.6 is 0 Å². The fourth-order valence-electron chi connectivity index (χ4n) is 6.91. The van der Waals surface area contributed by atoms with E-state index in [0.29, 0.717) is 30.0 Å². The molecule has 0 aromatic heterocycles. The number of hydrogen-bond donors (Lipinski definition) is 1. The Kier molecular flexibility index (Phi) is 3.00. The molecule has 4 nitrogen and oxygen atoms in total. The third-order valence-electron chi connectivity index (χ3n) is 8.09. The number of ether oxygens (including phenoxy) is 1. The molecule has 4 heteroatoms. The molecular formula is C22H27NO3. The lowest BCUT2D eigenvalue weighted by Crippen LogP contribution is -2.68. The van der Waals surface area contributed by atoms with Gasteiger partial charge in [-0.3, -0.25) is 9.69 Å². The highest BCUT2D eigenvalue weighted by atomic mass is 16.5. The van der Waals surface area contributed by atoms with Gasteiger partial charge in [-0.25, -0.2) is 0 Å². The maximum Gasteiger partial charge on any atom is 0.174 e. The van der Waals surface area contributed by atoms with Crippen LogP contribution in [-0.4, -0.2) is 41.0 Å². The first-order chi connectivity index (χ1) is 12.6. The van der Waals surface area contributed by atoms with Gasteiger partial charge in [0, 0.05) is 30.0 Å². The van der Waals surface area contributed by atoms with Crippen molar-refractivity contribution in [2.45, 2.75) is 63.0 Å². The number of Topliss-reactive ketones (excluding diaryl/α,β-unsaturated/α-hetero) is 1. The molecule has 1 aromatic rings. The summed E-state index contributed by atoms with van der Waals surface area (Å²) < 4.78 is 6.23. The predicted octanol–water partition coefficient (Wildman–Crippen LogP) is 3.05. The number of carbonyl (C=O) groups excluding carboxylic acids is 1. The Morgan fingerprint density at radius 1 is 1.31 bits per heavy atom. The highest BCUT2D eigenvalue weighted by molar-refractivity contribution is 5.89. The van der Waals surface area contributed by atoms with E-state index in [0.717, 1.165) is 31.7 Å². The molecule has 0 unspecified atom stereocenters. The van der Waals surface area contributed by atoms with Crippen LogP contribution in [0, 0.1) is 17.8 Å². The van der Waals surface area contributed by atoms with Gasteiger partial charge >= 0.3 is 0 Å². The number of aromatic hydroxyl groups is 1. The molecule has 2 saturated carbocycles. The summed E-state index contributed by atoms with van der Waals surface area (Å²) in [5.74, 6) is 2.91. The SMILES string of the molecule is CC[C@H]1CC(=O)[C@@H]2Oc3c(O)ccc4c3[C@@]23CCN(CC2CC2)[C@H](C4)[C@H]13. The normalized spacial score (nSPS) is 40.3. The first kappa shape index (κ1) is 15.5. The van der Waals surface area contributed by atoms with Gasteiger partial charge in [0.05, 0.1) is 0 Å². The highest BCUT2D eigenvalue weighted by Crippen LogP contribution is 2.64. The van der Waals surface area contributed by atoms with Gasteiger partial charge in [0.2, 0.25) is 0 Å². The highest BCUT2D eigenvalue weighted by Gasteiger charge is 2.68. The maximum atomic E-state index is 13.0. The summed E-state index contributed by atoms with van der Waals surface area (Å²) in [4.78, 5) is 15.8. The summed E-state index contributed by atoms with van der Waals surface area (Å²) in [7, 11) is 0. The summed E-state index contributed by atoms with van der Waals surface area (Å²) in [6.45, 7) is 4.54. The van der Waals surface area contributed by atoms with Crippen LogP contribution in [0.3, 0.4) is 0 Å². The number of rotatable bonds is 3. The molecule has 2 aliphatic heterocycles. The predicted molar refractivity (Wildman–Crippen MR) is 97.5 cm³/mol. The maximum absolute atomic E-state index is 13.0. The first-order valence-electron chi connectivity index (χ1n) is 10.4. The van der Waals surface area contributed by atoms with E-state index in [1.54, 1.807) is 6.07 Å². The lowest BCUT2D eigenvalue weighted by atomic mass is 9.48. The number of piperidine rings is 1. The molecule has 3 aliphatic carbocycles. The standard InChI is InChI=1S/C22H27NO3/c1-2-13-10-17(25)21-22-7-8-23(11-12-3-4-12)15(18(13)22)9-14-5-6-16(24)20(26-21)19(14)22/h5-6,12-13,15,18,21,24H,2-4,7-11H2,1H3/t13-,15+,18-,21-,22-/m0/s1. The average Bonchev–Trinajstić information content (AvgIpc) is 3.38. The number of ketones is 1. The largest absolute Gasteiger partial charge is 0.504 e. The van der Waals surface area contributed by atoms with Crippen LogP contribution in [0.15, 0.2) is 12.1 Å². The number of phenols is 1. The van der Waals surface area contributed by atoms with Gasteiger partial charge in [0.25, 0.3) is 0 Å². The number of likely N-dealkylation sites (tertiary alicyclic amines) is 1. The van der Waals surface area contributed by atoms with Crippen LogP contribution in [0.25, 0.3) is 0 Å². The molecule has 2 bridgehead atoms. The van der Waals surface area contributed by atoms with Crippen LogP contribution in [0.5, 0.6) is 11.5 Å². The fourth-order valence-corrected chi connectivity index (χ4v) is 6.91. The van der Waals surface area contributed by atoms with Gasteiger partial charge in [-0.05, 0) is 61.6 Å². The van der Waals surface area contributed by atoms with E-state index in [-0.39, 0.29) is 23.1 Å². The van der Waals surface area contributed by atoms with Crippen molar-refractivity contribution in [3.05, 3.63) is 23.3 Å². The minimum absolute atomic E-state index is 0.192. The van der Waals surface area contributed by atoms with E-state index in [2.05, 4.69) is 17.9 Å². The second-order valence-corrected chi connectivity index (χ2v) is 9.31. The topological polar surface area (TPSA) is 49.8 Å². The van der Waals surface area contributed by atoms with Crippen molar-refractivity contribution >= 4 is 5.78 Å². The van der Waals surface area contributed by atoms with Crippen LogP contribution < -0.4 is 4.74 Å². The van der Waals surface area contributed by atoms with Gasteiger partial charge in [0.1, 0.15) is 0 Å². The summed E-state index contributed by atoms with van der Waals surface area (Å²) in [6, 6.07) is 4.38. The number of nitrogens with zero attached hydrogens (tertiary/aromatic N) is 1. The van der Waals surface area contributed by atoms with E-state index >= 15 is 0 Å². The lowest BCUT2D eigenvalue weighted by molar-refractivity contribution is -0.145. The zero-order valence-corrected chi connectivity index (χ0v) is 15.4. The Hall–Kier alpha value is -1.55. The Morgan fingerprint density at radius 3 is 2.92 bits per heavy atom. The van der Waals surface area contributed by atoms with Crippen LogP contribution in [0.4, 0.5) is 0 Å². The molecule has 5 atom stereocenters. The average molecular weight is 353 g/mol. The Labute approximate surface area is 154 Å². The zero-order chi connectivity index (χ0) is 17.6. The summed E-state index contributed by atoms with van der Waals surface area (Å²) in [5.41, 5.74) is 2.32. The van der Waals surface area contributed by atoms with E-state index in [9.17, 15) is 9.90 Å². The van der Waals surface area contributed by atoms with Gasteiger partial charge in [0.15, 0.2) is 23.4 Å². The second kappa shape index (κ2) is 5.03. The monoisotopic (exact) mass is 353 g/mol. The Balaban J connectivity index is 1.55. The van der Waals surface area contributed by atoms with Crippen molar-refractivity contribution in [2.75, 3.05) is 13.1 Å². The quantitative estimate of drug-likeness (QED) is 0.907. The molecule has 2 heterocycles. The van der Waals surface area contributed by atoms with Crippen molar-refractivity contribution in [3.8, 4) is 11.5 Å². The molecule has 138 valence electrons. The van der Waals surface area contributed by atoms with Gasteiger partial charge in [-0.1, -0.05) is 19.4 Å². The number of benzene rings is 1. The van der Waals surface area contributed by atoms with Gasteiger partial charge in [-0.2, -0.15) is 0 Å². The Bertz CT molecular complexity index is 801. The molecule has 3 fully saturated rings. The third kappa shape index (κ3) is 1.77. The van der Waals surface area contributed by atoms with E-state index in [4.69, 9.17) is 4.74 Å². The minimum Gasteiger partial charge on any atom is -0.504 e. The molecule has 26 heavy (non-hydrogen) atoms. The van der Waals surface area contributed by atoms with Crippen molar-refractivity contribution in [1.29, 1.82) is 0 Å². The molecule has 0 amide bonds. The number of phenolic OH excluding ortho intramolecular Hbond substituents is 1. The van der Waals surface area contributed by atoms with Crippen LogP contribution in [-0.2, 0) is 16.6 Å². The number of carbonyl (C=O) groups is 1. The lowest BCUT2D eigenvalue weighted by Gasteiger charge is -2.60. The van der Waals surface area contributed by atoms with E-state index in [1.807, 2.05) is 0 Å². The summed E-state index contributed by atoms with van der Waals surface area (Å²) in [6.07, 6.45) is 6.14. The summed E-state index contributed by atoms with van der Waals surface area (Å²) in [5, 5.41) is 10.4. The van der Waals surface area contributed by atoms with Gasteiger partial charge < -0.3 is 9.84 Å². The molecule has 0 radical (unpaired) electrons. The molecule has 1 spiro atoms. The van der Waals surface area contributed by atoms with E-state index < -0.39 is 0 Å². The van der Waals surface area contributed by atoms with Crippen molar-refractivity contribution in [1.82, 2.24) is 4.90 Å². The molecule has 5 aliphatic rings. The third-order valence-corrected chi connectivity index (χ3v) is 8.09. The number of hydrogen-bond acceptors (Lipinski definition) is 4. The smallest absolute Gasteiger partial charge is 0.174 e. The first-order valence-corrected chi connectivity index (χ1v) is 10.4. The van der Waals surface area contributed by atoms with E-state index in [1.165, 1.54) is 30.5 Å². The molecule has 1 saturated heterocycles. The minimum atomic E-state index is -0.372. The van der Waals surface area contributed by atoms with Crippen LogP contribution in [0.1, 0.15) is 50.2 Å². The molecule has 6 rings (SSSR count). The molecule has 1 aromatic carbocycles. The molecular weight excluding hydrogens is 326 g/mol. The Morgan fingerprint density at radius 2 is 2.15 bits per heavy atom. The van der Waals surface area contributed by atoms with Crippen LogP contribution in [0.2, 0.25) is 0 Å². The fraction of sp³-hybridized carbons (Fsp3) is 0.682. The van der Waals surface area contributed by atoms with Gasteiger partial charge in [-0.15, -0.1) is 0 Å². The van der Waals surface area contributed by atoms with Crippen molar-refractivity contribution < 1.29 is 14.6 Å². The second-order valence-electron chi connectivity index (χ2n) is 9.31. The van der Waals surface area contributed by atoms with Crippen molar-refractivity contribution in [2.24, 2.45) is 17.8 Å². The van der Waals surface area contributed by atoms with Crippen molar-refractivity contribution in [3.63, 3.8) is 0 Å². The summed E-state index contributed by atoms with van der Waals surface area (Å²) >= 11 is 0. The molecule has 1 N–H and O–H groups in total.